The number of hydrogen-bond acceptors (Lipinski definition) is 3. The number of nitrogens with one attached hydrogen (secondary N) is 2. The number of fused-ring (bicyclic) bond motifs is 1. The number of rotatable bonds is 4. The van der Waals surface area contributed by atoms with Crippen molar-refractivity contribution in [3.8, 4) is 5.75 Å². The molecule has 3 rings (SSSR count). The first-order valence-corrected chi connectivity index (χ1v) is 8.80. The standard InChI is InChI=1S/C18H24FN3O3/c1-12(11-22-9-3-8-16(22)23)20-18(24)21-15-7-4-10-25-17-13(15)5-2-6-14(17)19/h2,5-6,12,15H,3-4,7-11H2,1H3,(H2,20,21,24). The molecule has 1 fully saturated rings. The molecule has 1 aromatic carbocycles. The molecule has 1 saturated heterocycles. The third-order valence-corrected chi connectivity index (χ3v) is 4.60. The molecule has 2 N–H and O–H groups in total. The fourth-order valence-electron chi connectivity index (χ4n) is 3.42. The molecule has 0 bridgehead atoms. The molecule has 2 aliphatic rings. The lowest BCUT2D eigenvalue weighted by Crippen LogP contribution is -2.47. The van der Waals surface area contributed by atoms with Gasteiger partial charge in [0.25, 0.3) is 0 Å². The third kappa shape index (κ3) is 4.21. The summed E-state index contributed by atoms with van der Waals surface area (Å²) in [5, 5.41) is 5.77. The smallest absolute Gasteiger partial charge is 0.315 e. The Labute approximate surface area is 146 Å². The van der Waals surface area contributed by atoms with Crippen molar-refractivity contribution >= 4 is 11.9 Å². The van der Waals surface area contributed by atoms with Crippen LogP contribution in [0.5, 0.6) is 5.75 Å². The van der Waals surface area contributed by atoms with Crippen LogP contribution in [0.4, 0.5) is 9.18 Å². The summed E-state index contributed by atoms with van der Waals surface area (Å²) >= 11 is 0. The van der Waals surface area contributed by atoms with Crippen molar-refractivity contribution < 1.29 is 18.7 Å². The van der Waals surface area contributed by atoms with E-state index in [1.807, 2.05) is 6.92 Å². The van der Waals surface area contributed by atoms with Crippen molar-refractivity contribution in [1.29, 1.82) is 0 Å². The van der Waals surface area contributed by atoms with Gasteiger partial charge >= 0.3 is 6.03 Å². The van der Waals surface area contributed by atoms with Crippen LogP contribution in [-0.4, -0.2) is 42.6 Å². The van der Waals surface area contributed by atoms with Crippen LogP contribution < -0.4 is 15.4 Å². The average molecular weight is 349 g/mol. The largest absolute Gasteiger partial charge is 0.490 e. The average Bonchev–Trinajstić information content (AvgIpc) is 2.84. The van der Waals surface area contributed by atoms with E-state index in [2.05, 4.69) is 10.6 Å². The summed E-state index contributed by atoms with van der Waals surface area (Å²) in [6, 6.07) is 3.99. The van der Waals surface area contributed by atoms with Gasteiger partial charge in [-0.3, -0.25) is 4.79 Å². The van der Waals surface area contributed by atoms with Crippen LogP contribution >= 0.6 is 0 Å². The highest BCUT2D eigenvalue weighted by Gasteiger charge is 2.25. The summed E-state index contributed by atoms with van der Waals surface area (Å²) in [5.74, 6) is -0.0482. The van der Waals surface area contributed by atoms with Crippen LogP contribution in [0.15, 0.2) is 18.2 Å². The monoisotopic (exact) mass is 349 g/mol. The lowest BCUT2D eigenvalue weighted by atomic mass is 10.0. The number of nitrogens with zero attached hydrogens (tertiary/aromatic N) is 1. The second kappa shape index (κ2) is 7.72. The molecule has 0 saturated carbocycles. The Morgan fingerprint density at radius 3 is 3.04 bits per heavy atom. The van der Waals surface area contributed by atoms with Crippen molar-refractivity contribution in [2.24, 2.45) is 0 Å². The first-order valence-electron chi connectivity index (χ1n) is 8.80. The Bertz CT molecular complexity index is 652. The van der Waals surface area contributed by atoms with Gasteiger partial charge in [-0.1, -0.05) is 12.1 Å². The molecule has 0 aliphatic carbocycles. The van der Waals surface area contributed by atoms with E-state index >= 15 is 0 Å². The number of benzene rings is 1. The molecule has 0 radical (unpaired) electrons. The van der Waals surface area contributed by atoms with Crippen LogP contribution in [0.2, 0.25) is 0 Å². The van der Waals surface area contributed by atoms with E-state index in [9.17, 15) is 14.0 Å². The number of urea groups is 1. The van der Waals surface area contributed by atoms with Crippen molar-refractivity contribution in [3.63, 3.8) is 0 Å². The minimum Gasteiger partial charge on any atom is -0.490 e. The topological polar surface area (TPSA) is 70.7 Å². The molecule has 7 heteroatoms. The zero-order chi connectivity index (χ0) is 17.8. The molecule has 25 heavy (non-hydrogen) atoms. The molecule has 0 spiro atoms. The third-order valence-electron chi connectivity index (χ3n) is 4.60. The minimum absolute atomic E-state index is 0.138. The quantitative estimate of drug-likeness (QED) is 0.877. The fraction of sp³-hybridized carbons (Fsp3) is 0.556. The van der Waals surface area contributed by atoms with E-state index < -0.39 is 5.82 Å². The normalized spacial score (nSPS) is 21.1. The van der Waals surface area contributed by atoms with Crippen molar-refractivity contribution in [3.05, 3.63) is 29.6 Å². The van der Waals surface area contributed by atoms with Gasteiger partial charge in [-0.05, 0) is 32.3 Å². The van der Waals surface area contributed by atoms with Crippen LogP contribution in [0, 0.1) is 5.82 Å². The van der Waals surface area contributed by atoms with Crippen LogP contribution in [0.25, 0.3) is 0 Å². The number of hydrogen-bond donors (Lipinski definition) is 2. The van der Waals surface area contributed by atoms with Gasteiger partial charge in [0.15, 0.2) is 11.6 Å². The predicted molar refractivity (Wildman–Crippen MR) is 90.8 cm³/mol. The number of para-hydroxylation sites is 1. The summed E-state index contributed by atoms with van der Waals surface area (Å²) < 4.78 is 19.4. The lowest BCUT2D eigenvalue weighted by molar-refractivity contribution is -0.127. The summed E-state index contributed by atoms with van der Waals surface area (Å²) in [6.07, 6.45) is 2.88. The Balaban J connectivity index is 1.59. The van der Waals surface area contributed by atoms with Gasteiger partial charge in [-0.2, -0.15) is 0 Å². The number of ether oxygens (including phenoxy) is 1. The number of carbonyl (C=O) groups is 2. The van der Waals surface area contributed by atoms with Gasteiger partial charge < -0.3 is 20.3 Å². The maximum absolute atomic E-state index is 13.9. The highest BCUT2D eigenvalue weighted by molar-refractivity contribution is 5.78. The second-order valence-electron chi connectivity index (χ2n) is 6.66. The maximum atomic E-state index is 13.9. The van der Waals surface area contributed by atoms with E-state index in [0.717, 1.165) is 19.4 Å². The van der Waals surface area contributed by atoms with Crippen molar-refractivity contribution in [2.45, 2.75) is 44.7 Å². The summed E-state index contributed by atoms with van der Waals surface area (Å²) in [5.41, 5.74) is 0.662. The highest BCUT2D eigenvalue weighted by Crippen LogP contribution is 2.33. The molecule has 6 nitrogen and oxygen atoms in total. The zero-order valence-electron chi connectivity index (χ0n) is 14.4. The molecular weight excluding hydrogens is 325 g/mol. The summed E-state index contributed by atoms with van der Waals surface area (Å²) in [4.78, 5) is 25.8. The second-order valence-corrected chi connectivity index (χ2v) is 6.66. The molecule has 2 heterocycles. The summed E-state index contributed by atoms with van der Waals surface area (Å²) in [6.45, 7) is 3.56. The number of halogens is 1. The van der Waals surface area contributed by atoms with Gasteiger partial charge in [0.1, 0.15) is 0 Å². The predicted octanol–water partition coefficient (Wildman–Crippen LogP) is 2.35. The van der Waals surface area contributed by atoms with E-state index in [1.54, 1.807) is 17.0 Å². The molecule has 1 aromatic rings. The zero-order valence-corrected chi connectivity index (χ0v) is 14.4. The SMILES string of the molecule is CC(CN1CCCC1=O)NC(=O)NC1CCCOc2c(F)cccc21. The van der Waals surface area contributed by atoms with E-state index in [-0.39, 0.29) is 29.8 Å². The summed E-state index contributed by atoms with van der Waals surface area (Å²) in [7, 11) is 0. The van der Waals surface area contributed by atoms with Crippen molar-refractivity contribution in [1.82, 2.24) is 15.5 Å². The van der Waals surface area contributed by atoms with E-state index in [1.165, 1.54) is 6.07 Å². The Kier molecular flexibility index (Phi) is 5.40. The van der Waals surface area contributed by atoms with Gasteiger partial charge in [0, 0.05) is 31.1 Å². The van der Waals surface area contributed by atoms with Crippen LogP contribution in [0.3, 0.4) is 0 Å². The van der Waals surface area contributed by atoms with E-state index in [4.69, 9.17) is 4.74 Å². The lowest BCUT2D eigenvalue weighted by Gasteiger charge is -2.24. The van der Waals surface area contributed by atoms with Gasteiger partial charge in [0.05, 0.1) is 12.6 Å². The fourth-order valence-corrected chi connectivity index (χ4v) is 3.42. The first-order chi connectivity index (χ1) is 12.0. The first kappa shape index (κ1) is 17.5. The Hall–Kier alpha value is -2.31. The van der Waals surface area contributed by atoms with Crippen LogP contribution in [0.1, 0.15) is 44.2 Å². The molecule has 2 unspecified atom stereocenters. The minimum atomic E-state index is -0.410. The maximum Gasteiger partial charge on any atom is 0.315 e. The molecule has 3 amide bonds. The molecular formula is C18H24FN3O3. The molecule has 0 aromatic heterocycles. The van der Waals surface area contributed by atoms with Gasteiger partial charge in [0.2, 0.25) is 5.91 Å². The van der Waals surface area contributed by atoms with Gasteiger partial charge in [-0.15, -0.1) is 0 Å². The molecule has 2 aliphatic heterocycles. The van der Waals surface area contributed by atoms with Crippen molar-refractivity contribution in [2.75, 3.05) is 19.7 Å². The Morgan fingerprint density at radius 2 is 2.28 bits per heavy atom. The molecule has 136 valence electrons. The molecule has 2 atom stereocenters. The Morgan fingerprint density at radius 1 is 1.44 bits per heavy atom. The number of likely N-dealkylation sites (tertiary alicyclic amines) is 1. The van der Waals surface area contributed by atoms with Crippen LogP contribution in [-0.2, 0) is 4.79 Å². The van der Waals surface area contributed by atoms with E-state index in [0.29, 0.717) is 31.6 Å². The number of carbonyl (C=O) groups excluding carboxylic acids is 2. The number of amides is 3. The van der Waals surface area contributed by atoms with Gasteiger partial charge in [-0.25, -0.2) is 9.18 Å². The highest BCUT2D eigenvalue weighted by atomic mass is 19.1.